The summed E-state index contributed by atoms with van der Waals surface area (Å²) >= 11 is 0. The molecule has 12 nitrogen and oxygen atoms in total. The number of pyridine rings is 2. The van der Waals surface area contributed by atoms with Crippen LogP contribution in [0.2, 0.25) is 0 Å². The van der Waals surface area contributed by atoms with E-state index < -0.39 is 5.56 Å². The van der Waals surface area contributed by atoms with Crippen molar-refractivity contribution >= 4 is 33.4 Å². The van der Waals surface area contributed by atoms with Crippen molar-refractivity contribution in [3.63, 3.8) is 0 Å². The quantitative estimate of drug-likeness (QED) is 0.204. The van der Waals surface area contributed by atoms with Gasteiger partial charge in [0.2, 0.25) is 0 Å². The lowest BCUT2D eigenvalue weighted by Gasteiger charge is -2.17. The Morgan fingerprint density at radius 3 is 1.67 bits per heavy atom. The van der Waals surface area contributed by atoms with Crippen LogP contribution < -0.4 is 26.6 Å². The van der Waals surface area contributed by atoms with Crippen LogP contribution >= 0.6 is 0 Å². The van der Waals surface area contributed by atoms with Crippen molar-refractivity contribution in [2.45, 2.75) is 44.4 Å². The van der Waals surface area contributed by atoms with Crippen molar-refractivity contribution in [3.8, 4) is 0 Å². The van der Waals surface area contributed by atoms with Gasteiger partial charge in [-0.05, 0) is 53.5 Å². The van der Waals surface area contributed by atoms with Gasteiger partial charge in [-0.15, -0.1) is 9.46 Å². The maximum Gasteiger partial charge on any atom is 0.287 e. The van der Waals surface area contributed by atoms with Gasteiger partial charge in [-0.25, -0.2) is 19.9 Å². The lowest BCUT2D eigenvalue weighted by molar-refractivity contribution is 0.0980. The molecule has 3 aromatic carbocycles. The molecule has 0 fully saturated rings. The van der Waals surface area contributed by atoms with Gasteiger partial charge in [0.25, 0.3) is 11.1 Å². The van der Waals surface area contributed by atoms with Crippen molar-refractivity contribution < 1.29 is 10.0 Å². The van der Waals surface area contributed by atoms with Gasteiger partial charge in [0.05, 0.1) is 22.1 Å². The highest BCUT2D eigenvalue weighted by molar-refractivity contribution is 5.89. The fourth-order valence-electron chi connectivity index (χ4n) is 6.93. The molecule has 0 unspecified atom stereocenters. The molecule has 2 aliphatic carbocycles. The molecule has 0 atom stereocenters. The Morgan fingerprint density at radius 2 is 1.12 bits per heavy atom. The van der Waals surface area contributed by atoms with Crippen molar-refractivity contribution in [2.24, 2.45) is 0 Å². The number of nitrogens with one attached hydrogen (secondary N) is 2. The van der Waals surface area contributed by atoms with Gasteiger partial charge in [0.1, 0.15) is 19.3 Å². The van der Waals surface area contributed by atoms with Crippen LogP contribution in [-0.4, -0.2) is 46.7 Å². The normalized spacial score (nSPS) is 13.7. The minimum absolute atomic E-state index is 0.209. The van der Waals surface area contributed by atoms with Crippen LogP contribution in [0.25, 0.3) is 22.1 Å². The number of rotatable bonds is 7. The summed E-state index contributed by atoms with van der Waals surface area (Å²) in [6.45, 7) is 0.282. The van der Waals surface area contributed by atoms with E-state index in [9.17, 15) is 14.8 Å². The summed E-state index contributed by atoms with van der Waals surface area (Å²) < 4.78 is 1.80. The third-order valence-electron chi connectivity index (χ3n) is 9.32. The van der Waals surface area contributed by atoms with Crippen LogP contribution in [0.4, 0.5) is 11.4 Å². The molecule has 51 heavy (non-hydrogen) atoms. The molecule has 0 saturated heterocycles. The SMILES string of the molecule is O=c1cc(NC2Cc3ccccc3C2)c2cncnc2n1O.O=c1cc(NC2Cc3ccccc3C2)c2cncnc2n1OCc1ccccc1. The van der Waals surface area contributed by atoms with Gasteiger partial charge < -0.3 is 20.7 Å². The third-order valence-corrected chi connectivity index (χ3v) is 9.32. The first-order valence-corrected chi connectivity index (χ1v) is 16.7. The Morgan fingerprint density at radius 1 is 0.647 bits per heavy atom. The Balaban J connectivity index is 0.000000152. The van der Waals surface area contributed by atoms with Gasteiger partial charge in [-0.2, -0.15) is 0 Å². The smallest absolute Gasteiger partial charge is 0.287 e. The fraction of sp³-hybridized carbons (Fsp3) is 0.179. The molecule has 0 saturated carbocycles. The Kier molecular flexibility index (Phi) is 8.54. The highest BCUT2D eigenvalue weighted by Crippen LogP contribution is 2.28. The van der Waals surface area contributed by atoms with E-state index >= 15 is 0 Å². The highest BCUT2D eigenvalue weighted by Gasteiger charge is 2.23. The third kappa shape index (κ3) is 6.58. The first kappa shape index (κ1) is 31.7. The molecule has 0 aliphatic heterocycles. The van der Waals surface area contributed by atoms with Crippen molar-refractivity contribution in [1.29, 1.82) is 0 Å². The largest absolute Gasteiger partial charge is 0.423 e. The van der Waals surface area contributed by atoms with Gasteiger partial charge in [-0.3, -0.25) is 9.59 Å². The van der Waals surface area contributed by atoms with Crippen LogP contribution in [-0.2, 0) is 32.3 Å². The Bertz CT molecular complexity index is 2430. The van der Waals surface area contributed by atoms with E-state index in [-0.39, 0.29) is 29.9 Å². The molecule has 0 bridgehead atoms. The zero-order valence-electron chi connectivity index (χ0n) is 27.5. The Labute approximate surface area is 292 Å². The number of anilines is 2. The van der Waals surface area contributed by atoms with Crippen LogP contribution in [0.1, 0.15) is 27.8 Å². The topological polar surface area (TPSA) is 149 Å². The van der Waals surface area contributed by atoms with E-state index in [4.69, 9.17) is 4.84 Å². The summed E-state index contributed by atoms with van der Waals surface area (Å²) in [6.07, 6.45) is 9.73. The molecule has 0 radical (unpaired) electrons. The molecule has 3 N–H and O–H groups in total. The molecule has 0 amide bonds. The van der Waals surface area contributed by atoms with Gasteiger partial charge >= 0.3 is 0 Å². The number of aromatic nitrogens is 6. The molecule has 7 aromatic rings. The van der Waals surface area contributed by atoms with Crippen LogP contribution in [0.5, 0.6) is 0 Å². The predicted molar refractivity (Wildman–Crippen MR) is 194 cm³/mol. The second-order valence-electron chi connectivity index (χ2n) is 12.7. The van der Waals surface area contributed by atoms with Crippen LogP contribution in [0, 0.1) is 0 Å². The van der Waals surface area contributed by atoms with E-state index in [0.29, 0.717) is 21.5 Å². The van der Waals surface area contributed by atoms with Gasteiger partial charge in [0, 0.05) is 36.6 Å². The standard InChI is InChI=1S/C23H20N4O2.C16H14N4O2/c28-22-12-21(26-19-10-17-8-4-5-9-18(17)11-19)20-13-24-15-25-23(20)27(22)29-14-16-6-2-1-3-7-16;21-15-7-14(13-8-17-9-18-16(13)20(15)22)19-12-5-10-3-1-2-4-11(10)6-12/h1-9,12-13,15,19,26H,10-11,14H2;1-4,7-9,12,19,22H,5-6H2. The first-order chi connectivity index (χ1) is 25.0. The van der Waals surface area contributed by atoms with Crippen molar-refractivity contribution in [3.05, 3.63) is 165 Å². The molecule has 0 spiro atoms. The number of nitrogens with zero attached hydrogens (tertiary/aromatic N) is 6. The Hall–Kier alpha value is -6.56. The van der Waals surface area contributed by atoms with E-state index in [1.54, 1.807) is 18.5 Å². The second kappa shape index (κ2) is 13.7. The van der Waals surface area contributed by atoms with Crippen LogP contribution in [0.15, 0.2) is 126 Å². The number of hydrogen-bond acceptors (Lipinski definition) is 10. The van der Waals surface area contributed by atoms with E-state index in [0.717, 1.165) is 42.3 Å². The molecule has 2 aliphatic rings. The minimum atomic E-state index is -0.510. The molecular formula is C39H34N8O4. The summed E-state index contributed by atoms with van der Waals surface area (Å²) in [4.78, 5) is 46.9. The molecule has 4 heterocycles. The summed E-state index contributed by atoms with van der Waals surface area (Å²) in [5, 5.41) is 18.1. The zero-order chi connectivity index (χ0) is 34.7. The molecular weight excluding hydrogens is 644 g/mol. The lowest BCUT2D eigenvalue weighted by Crippen LogP contribution is -2.29. The fourth-order valence-corrected chi connectivity index (χ4v) is 6.93. The van der Waals surface area contributed by atoms with E-state index in [1.807, 2.05) is 42.5 Å². The average Bonchev–Trinajstić information content (AvgIpc) is 3.77. The summed E-state index contributed by atoms with van der Waals surface area (Å²) in [6, 6.07) is 29.9. The minimum Gasteiger partial charge on any atom is -0.423 e. The average molecular weight is 679 g/mol. The summed E-state index contributed by atoms with van der Waals surface area (Å²) in [5.74, 6) is 0. The van der Waals surface area contributed by atoms with Crippen molar-refractivity contribution in [2.75, 3.05) is 10.6 Å². The molecule has 12 heteroatoms. The summed E-state index contributed by atoms with van der Waals surface area (Å²) in [5.41, 5.74) is 7.64. The first-order valence-electron chi connectivity index (χ1n) is 16.7. The van der Waals surface area contributed by atoms with Crippen molar-refractivity contribution in [1.82, 2.24) is 29.4 Å². The van der Waals surface area contributed by atoms with E-state index in [1.165, 1.54) is 45.7 Å². The maximum absolute atomic E-state index is 12.8. The highest BCUT2D eigenvalue weighted by atomic mass is 16.7. The number of hydrogen-bond donors (Lipinski definition) is 3. The van der Waals surface area contributed by atoms with Gasteiger partial charge in [0.15, 0.2) is 11.3 Å². The zero-order valence-corrected chi connectivity index (χ0v) is 27.5. The number of fused-ring (bicyclic) bond motifs is 4. The number of benzene rings is 3. The summed E-state index contributed by atoms with van der Waals surface area (Å²) in [7, 11) is 0. The predicted octanol–water partition coefficient (Wildman–Crippen LogP) is 4.61. The maximum atomic E-state index is 12.8. The van der Waals surface area contributed by atoms with Crippen LogP contribution in [0.3, 0.4) is 0 Å². The van der Waals surface area contributed by atoms with Gasteiger partial charge in [-0.1, -0.05) is 78.9 Å². The molecule has 4 aromatic heterocycles. The van der Waals surface area contributed by atoms with E-state index in [2.05, 4.69) is 67.0 Å². The molecule has 9 rings (SSSR count). The molecule has 254 valence electrons. The second-order valence-corrected chi connectivity index (χ2v) is 12.7. The lowest BCUT2D eigenvalue weighted by atomic mass is 10.1. The monoisotopic (exact) mass is 678 g/mol.